The van der Waals surface area contributed by atoms with Crippen molar-refractivity contribution < 1.29 is 19.8 Å². The summed E-state index contributed by atoms with van der Waals surface area (Å²) >= 11 is 0. The summed E-state index contributed by atoms with van der Waals surface area (Å²) in [5.41, 5.74) is 0.810. The van der Waals surface area contributed by atoms with Crippen molar-refractivity contribution >= 4 is 11.9 Å². The third-order valence-corrected chi connectivity index (χ3v) is 10.7. The van der Waals surface area contributed by atoms with E-state index >= 15 is 0 Å². The number of carbonyl (C=O) groups excluding carboxylic acids is 1. The highest BCUT2D eigenvalue weighted by atomic mass is 16.4. The molecule has 4 aliphatic rings. The molecular weight excluding hydrogens is 390 g/mol. The summed E-state index contributed by atoms with van der Waals surface area (Å²) < 4.78 is 0. The highest BCUT2D eigenvalue weighted by Crippen LogP contribution is 2.68. The largest absolute Gasteiger partial charge is 0.480 e. The summed E-state index contributed by atoms with van der Waals surface area (Å²) in [6, 6.07) is 0. The first kappa shape index (κ1) is 23.1. The fourth-order valence-electron chi connectivity index (χ4n) is 9.03. The molecule has 3 N–H and O–H groups in total. The second-order valence-electron chi connectivity index (χ2n) is 12.0. The van der Waals surface area contributed by atoms with Gasteiger partial charge in [-0.15, -0.1) is 0 Å². The molecule has 5 nitrogen and oxygen atoms in total. The Morgan fingerprint density at radius 1 is 1.00 bits per heavy atom. The van der Waals surface area contributed by atoms with Crippen molar-refractivity contribution in [1.82, 2.24) is 5.32 Å². The summed E-state index contributed by atoms with van der Waals surface area (Å²) in [6.07, 6.45) is 12.3. The van der Waals surface area contributed by atoms with Gasteiger partial charge >= 0.3 is 5.97 Å². The molecule has 1 amide bonds. The van der Waals surface area contributed by atoms with Crippen LogP contribution in [0.15, 0.2) is 0 Å². The molecule has 176 valence electrons. The molecule has 4 aliphatic carbocycles. The average Bonchev–Trinajstić information content (AvgIpc) is 3.08. The summed E-state index contributed by atoms with van der Waals surface area (Å²) in [5, 5.41) is 21.5. The van der Waals surface area contributed by atoms with Crippen LogP contribution in [-0.2, 0) is 9.59 Å². The van der Waals surface area contributed by atoms with Crippen LogP contribution in [0.1, 0.15) is 91.4 Å². The Hall–Kier alpha value is -1.10. The zero-order valence-electron chi connectivity index (χ0n) is 19.7. The number of amides is 1. The van der Waals surface area contributed by atoms with Gasteiger partial charge in [0, 0.05) is 6.42 Å². The molecule has 0 heterocycles. The molecule has 4 saturated carbocycles. The Labute approximate surface area is 187 Å². The van der Waals surface area contributed by atoms with Gasteiger partial charge in [-0.05, 0) is 111 Å². The average molecular weight is 434 g/mol. The molecule has 5 heteroatoms. The van der Waals surface area contributed by atoms with E-state index in [1.165, 1.54) is 44.9 Å². The van der Waals surface area contributed by atoms with Crippen LogP contribution in [0.4, 0.5) is 0 Å². The zero-order chi connectivity index (χ0) is 22.4. The van der Waals surface area contributed by atoms with E-state index in [2.05, 4.69) is 26.1 Å². The number of hydrogen-bond donors (Lipinski definition) is 3. The number of aliphatic carboxylic acids is 1. The topological polar surface area (TPSA) is 86.6 Å². The highest BCUT2D eigenvalue weighted by Gasteiger charge is 2.60. The lowest BCUT2D eigenvalue weighted by molar-refractivity contribution is -0.138. The third-order valence-electron chi connectivity index (χ3n) is 10.7. The summed E-state index contributed by atoms with van der Waals surface area (Å²) in [6.45, 7) is 7.13. The Morgan fingerprint density at radius 3 is 2.45 bits per heavy atom. The zero-order valence-corrected chi connectivity index (χ0v) is 19.7. The Balaban J connectivity index is 1.40. The molecule has 31 heavy (non-hydrogen) atoms. The number of aliphatic hydroxyl groups is 1. The van der Waals surface area contributed by atoms with Gasteiger partial charge in [-0.25, -0.2) is 0 Å². The maximum absolute atomic E-state index is 12.0. The maximum atomic E-state index is 12.0. The van der Waals surface area contributed by atoms with Crippen LogP contribution in [0.2, 0.25) is 0 Å². The fraction of sp³-hybridized carbons (Fsp3) is 0.923. The lowest BCUT2D eigenvalue weighted by Crippen LogP contribution is -2.54. The van der Waals surface area contributed by atoms with Crippen LogP contribution >= 0.6 is 0 Å². The molecule has 9 atom stereocenters. The quantitative estimate of drug-likeness (QED) is 0.570. The van der Waals surface area contributed by atoms with Crippen LogP contribution in [0.25, 0.3) is 0 Å². The van der Waals surface area contributed by atoms with Crippen molar-refractivity contribution in [2.75, 3.05) is 6.54 Å². The second kappa shape index (κ2) is 8.68. The fourth-order valence-corrected chi connectivity index (χ4v) is 9.03. The van der Waals surface area contributed by atoms with Gasteiger partial charge in [0.25, 0.3) is 0 Å². The van der Waals surface area contributed by atoms with Gasteiger partial charge in [0.15, 0.2) is 0 Å². The number of rotatable bonds is 6. The number of hydrogen-bond acceptors (Lipinski definition) is 3. The van der Waals surface area contributed by atoms with Crippen LogP contribution in [0, 0.1) is 46.3 Å². The molecule has 0 radical (unpaired) electrons. The van der Waals surface area contributed by atoms with Gasteiger partial charge in [0.1, 0.15) is 6.54 Å². The molecule has 0 aliphatic heterocycles. The van der Waals surface area contributed by atoms with Crippen molar-refractivity contribution in [1.29, 1.82) is 0 Å². The lowest BCUT2D eigenvalue weighted by Gasteiger charge is -2.61. The number of fused-ring (bicyclic) bond motifs is 5. The van der Waals surface area contributed by atoms with Crippen LogP contribution in [0.5, 0.6) is 0 Å². The first-order valence-electron chi connectivity index (χ1n) is 12.8. The minimum Gasteiger partial charge on any atom is -0.480 e. The van der Waals surface area contributed by atoms with Gasteiger partial charge < -0.3 is 15.5 Å². The molecular formula is C26H43NO4. The Bertz CT molecular complexity index is 695. The number of nitrogens with one attached hydrogen (secondary N) is 1. The van der Waals surface area contributed by atoms with Crippen molar-refractivity contribution in [3.63, 3.8) is 0 Å². The van der Waals surface area contributed by atoms with Gasteiger partial charge in [0.05, 0.1) is 6.10 Å². The molecule has 4 fully saturated rings. The molecule has 0 saturated heterocycles. The smallest absolute Gasteiger partial charge is 0.322 e. The predicted octanol–water partition coefficient (Wildman–Crippen LogP) is 4.62. The van der Waals surface area contributed by atoms with Crippen molar-refractivity contribution in [2.45, 2.75) is 97.5 Å². The number of carboxylic acid groups (broad SMARTS) is 1. The van der Waals surface area contributed by atoms with Gasteiger partial charge in [0.2, 0.25) is 5.91 Å². The van der Waals surface area contributed by atoms with E-state index in [-0.39, 0.29) is 18.6 Å². The number of aliphatic hydroxyl groups excluding tert-OH is 1. The highest BCUT2D eigenvalue weighted by molar-refractivity contribution is 5.81. The monoisotopic (exact) mass is 433 g/mol. The Kier molecular flexibility index (Phi) is 6.46. The first-order chi connectivity index (χ1) is 14.6. The van der Waals surface area contributed by atoms with Crippen molar-refractivity contribution in [3.05, 3.63) is 0 Å². The number of carbonyl (C=O) groups is 2. The molecule has 0 aromatic carbocycles. The van der Waals surface area contributed by atoms with E-state index in [1.54, 1.807) is 0 Å². The van der Waals surface area contributed by atoms with Gasteiger partial charge in [-0.1, -0.05) is 20.8 Å². The predicted molar refractivity (Wildman–Crippen MR) is 120 cm³/mol. The normalized spacial score (nSPS) is 45.2. The van der Waals surface area contributed by atoms with Crippen LogP contribution < -0.4 is 5.32 Å². The van der Waals surface area contributed by atoms with E-state index in [4.69, 9.17) is 5.11 Å². The lowest BCUT2D eigenvalue weighted by atomic mass is 9.44. The van der Waals surface area contributed by atoms with E-state index < -0.39 is 5.97 Å². The molecule has 0 aromatic heterocycles. The van der Waals surface area contributed by atoms with E-state index in [9.17, 15) is 14.7 Å². The molecule has 0 bridgehead atoms. The third kappa shape index (κ3) is 4.16. The first-order valence-corrected chi connectivity index (χ1v) is 12.8. The number of carboxylic acids is 1. The molecule has 0 unspecified atom stereocenters. The van der Waals surface area contributed by atoms with Crippen molar-refractivity contribution in [3.8, 4) is 0 Å². The molecule has 0 spiro atoms. The standard InChI is InChI=1S/C26H43NO4/c1-16(4-9-23(29)27-15-24(30)31)20-7-8-21-19-6-5-17-14-18(28)10-12-25(17,2)22(19)11-13-26(20,21)3/h16-22,28H,4-15H2,1-3H3,(H,27,29)(H,30,31)/t16-,17+,18+,19-,20+,21-,22-,25+,26+/m1/s1. The van der Waals surface area contributed by atoms with Gasteiger partial charge in [-0.2, -0.15) is 0 Å². The minimum absolute atomic E-state index is 0.0760. The van der Waals surface area contributed by atoms with E-state index in [1.807, 2.05) is 0 Å². The van der Waals surface area contributed by atoms with E-state index in [0.717, 1.165) is 37.0 Å². The minimum atomic E-state index is -0.986. The molecule has 0 aromatic rings. The molecule has 4 rings (SSSR count). The van der Waals surface area contributed by atoms with Crippen LogP contribution in [0.3, 0.4) is 0 Å². The van der Waals surface area contributed by atoms with Gasteiger partial charge in [-0.3, -0.25) is 9.59 Å². The summed E-state index contributed by atoms with van der Waals surface area (Å²) in [5.74, 6) is 3.23. The van der Waals surface area contributed by atoms with Crippen LogP contribution in [-0.4, -0.2) is 34.7 Å². The van der Waals surface area contributed by atoms with E-state index in [0.29, 0.717) is 35.0 Å². The summed E-state index contributed by atoms with van der Waals surface area (Å²) in [4.78, 5) is 22.7. The maximum Gasteiger partial charge on any atom is 0.322 e. The van der Waals surface area contributed by atoms with Crippen molar-refractivity contribution in [2.24, 2.45) is 46.3 Å². The Morgan fingerprint density at radius 2 is 1.71 bits per heavy atom. The second-order valence-corrected chi connectivity index (χ2v) is 12.0. The SMILES string of the molecule is C[C@H](CCC(=O)NCC(=O)O)[C@@H]1CC[C@@H]2[C@H]3CC[C@H]4C[C@@H](O)CC[C@]4(C)[C@@H]3CC[C@]21C. The summed E-state index contributed by atoms with van der Waals surface area (Å²) in [7, 11) is 0.